The number of fused-ring (bicyclic) bond motifs is 1. The Hall–Kier alpha value is -2.23. The molecular formula is C20H20ClN3O4S2. The van der Waals surface area contributed by atoms with Gasteiger partial charge in [-0.2, -0.15) is 0 Å². The van der Waals surface area contributed by atoms with E-state index in [1.165, 1.54) is 12.1 Å². The van der Waals surface area contributed by atoms with E-state index in [1.807, 2.05) is 6.92 Å². The maximum atomic E-state index is 12.8. The zero-order chi connectivity index (χ0) is 21.5. The zero-order valence-corrected chi connectivity index (χ0v) is 18.5. The van der Waals surface area contributed by atoms with Gasteiger partial charge in [-0.15, -0.1) is 11.8 Å². The number of thioether (sulfide) groups is 1. The summed E-state index contributed by atoms with van der Waals surface area (Å²) in [5.41, 5.74) is 1.55. The number of carbonyl (C=O) groups excluding carboxylic acids is 2. The van der Waals surface area contributed by atoms with Gasteiger partial charge in [-0.25, -0.2) is 8.42 Å². The highest BCUT2D eigenvalue weighted by atomic mass is 35.5. The molecule has 30 heavy (non-hydrogen) atoms. The highest BCUT2D eigenvalue weighted by Crippen LogP contribution is 2.38. The summed E-state index contributed by atoms with van der Waals surface area (Å²) in [6.45, 7) is 3.19. The fourth-order valence-electron chi connectivity index (χ4n) is 3.43. The molecule has 0 saturated carbocycles. The second kappa shape index (κ2) is 8.13. The van der Waals surface area contributed by atoms with Crippen LogP contribution in [0.1, 0.15) is 18.4 Å². The number of hydrogen-bond acceptors (Lipinski definition) is 5. The van der Waals surface area contributed by atoms with Crippen molar-refractivity contribution in [3.05, 3.63) is 47.0 Å². The molecule has 2 amide bonds. The Bertz CT molecular complexity index is 1130. The number of benzene rings is 2. The van der Waals surface area contributed by atoms with E-state index in [-0.39, 0.29) is 16.5 Å². The van der Waals surface area contributed by atoms with Crippen molar-refractivity contribution < 1.29 is 18.0 Å². The van der Waals surface area contributed by atoms with Crippen LogP contribution >= 0.6 is 23.4 Å². The molecule has 7 nitrogen and oxygen atoms in total. The van der Waals surface area contributed by atoms with E-state index in [0.29, 0.717) is 28.7 Å². The van der Waals surface area contributed by atoms with Crippen molar-refractivity contribution in [1.82, 2.24) is 4.90 Å². The van der Waals surface area contributed by atoms with Crippen LogP contribution in [0.3, 0.4) is 0 Å². The number of amides is 2. The first kappa shape index (κ1) is 21.0. The molecule has 2 aliphatic heterocycles. The van der Waals surface area contributed by atoms with Gasteiger partial charge in [0.2, 0.25) is 11.8 Å². The van der Waals surface area contributed by atoms with Crippen molar-refractivity contribution in [3.8, 4) is 0 Å². The van der Waals surface area contributed by atoms with E-state index >= 15 is 0 Å². The number of halogens is 1. The monoisotopic (exact) mass is 465 g/mol. The normalized spacial score (nSPS) is 18.7. The van der Waals surface area contributed by atoms with Gasteiger partial charge >= 0.3 is 0 Å². The molecule has 0 radical (unpaired) electrons. The topological polar surface area (TPSA) is 95.6 Å². The molecule has 1 saturated heterocycles. The smallest absolute Gasteiger partial charge is 0.262 e. The van der Waals surface area contributed by atoms with E-state index in [9.17, 15) is 18.0 Å². The summed E-state index contributed by atoms with van der Waals surface area (Å²) in [7, 11) is -3.91. The minimum Gasteiger partial charge on any atom is -0.341 e. The molecule has 0 spiro atoms. The van der Waals surface area contributed by atoms with Crippen molar-refractivity contribution in [1.29, 1.82) is 0 Å². The molecule has 4 rings (SSSR count). The number of hydrogen-bond donors (Lipinski definition) is 2. The Kier molecular flexibility index (Phi) is 5.69. The molecule has 2 aromatic rings. The average Bonchev–Trinajstić information content (AvgIpc) is 3.23. The number of rotatable bonds is 4. The summed E-state index contributed by atoms with van der Waals surface area (Å²) < 4.78 is 28.1. The number of sulfonamides is 1. The van der Waals surface area contributed by atoms with Gasteiger partial charge in [0.25, 0.3) is 10.0 Å². The van der Waals surface area contributed by atoms with Gasteiger partial charge in [-0.3, -0.25) is 14.3 Å². The molecule has 158 valence electrons. The maximum absolute atomic E-state index is 12.8. The first-order valence-corrected chi connectivity index (χ1v) is 12.2. The largest absolute Gasteiger partial charge is 0.341 e. The molecule has 2 N–H and O–H groups in total. The van der Waals surface area contributed by atoms with E-state index in [1.54, 1.807) is 29.2 Å². The molecule has 2 aliphatic rings. The Morgan fingerprint density at radius 1 is 1.20 bits per heavy atom. The maximum Gasteiger partial charge on any atom is 0.262 e. The summed E-state index contributed by atoms with van der Waals surface area (Å²) in [5.74, 6) is -0.637. The minimum absolute atomic E-state index is 0.0110. The molecule has 1 atom stereocenters. The lowest BCUT2D eigenvalue weighted by Crippen LogP contribution is -2.43. The number of anilines is 2. The van der Waals surface area contributed by atoms with Gasteiger partial charge in [0, 0.05) is 18.0 Å². The van der Waals surface area contributed by atoms with Gasteiger partial charge in [-0.1, -0.05) is 17.7 Å². The van der Waals surface area contributed by atoms with Crippen LogP contribution in [0.2, 0.25) is 5.02 Å². The molecular weight excluding hydrogens is 446 g/mol. The molecule has 0 aromatic heterocycles. The molecule has 2 aromatic carbocycles. The van der Waals surface area contributed by atoms with E-state index in [0.717, 1.165) is 30.2 Å². The first-order chi connectivity index (χ1) is 14.2. The third-order valence-electron chi connectivity index (χ3n) is 5.01. The molecule has 1 fully saturated rings. The lowest BCUT2D eigenvalue weighted by Gasteiger charge is -2.27. The van der Waals surface area contributed by atoms with E-state index in [2.05, 4.69) is 10.0 Å². The Labute approximate surface area is 184 Å². The van der Waals surface area contributed by atoms with E-state index in [4.69, 9.17) is 11.6 Å². The Morgan fingerprint density at radius 3 is 2.63 bits per heavy atom. The van der Waals surface area contributed by atoms with Crippen LogP contribution in [0.25, 0.3) is 0 Å². The SMILES string of the molecule is Cc1ccc(NS(=O)(=O)c2ccc3c(c2)NC(=O)C(C(=O)N2CCCC2)S3)c(Cl)c1. The molecule has 1 unspecified atom stereocenters. The number of nitrogens with one attached hydrogen (secondary N) is 2. The lowest BCUT2D eigenvalue weighted by molar-refractivity contribution is -0.133. The third-order valence-corrected chi connectivity index (χ3v) is 7.95. The standard InChI is InChI=1S/C20H20ClN3O4S2/c1-12-4-6-15(14(21)10-12)23-30(27,28)13-5-7-17-16(11-13)22-19(25)18(29-17)20(26)24-8-2-3-9-24/h4-7,10-11,18,23H,2-3,8-9H2,1H3,(H,22,25). The summed E-state index contributed by atoms with van der Waals surface area (Å²) in [6.07, 6.45) is 1.89. The van der Waals surface area contributed by atoms with Gasteiger partial charge in [-0.05, 0) is 55.7 Å². The van der Waals surface area contributed by atoms with Crippen molar-refractivity contribution in [2.24, 2.45) is 0 Å². The minimum atomic E-state index is -3.91. The summed E-state index contributed by atoms with van der Waals surface area (Å²) in [6, 6.07) is 9.47. The van der Waals surface area contributed by atoms with Gasteiger partial charge in [0.15, 0.2) is 5.25 Å². The van der Waals surface area contributed by atoms with Crippen LogP contribution in [0.5, 0.6) is 0 Å². The van der Waals surface area contributed by atoms with Gasteiger partial charge in [0.1, 0.15) is 0 Å². The number of likely N-dealkylation sites (tertiary alicyclic amines) is 1. The molecule has 10 heteroatoms. The fraction of sp³-hybridized carbons (Fsp3) is 0.300. The fourth-order valence-corrected chi connectivity index (χ4v) is 5.93. The summed E-state index contributed by atoms with van der Waals surface area (Å²) >= 11 is 7.28. The number of carbonyl (C=O) groups is 2. The zero-order valence-electron chi connectivity index (χ0n) is 16.1. The van der Waals surface area contributed by atoms with Crippen LogP contribution in [-0.2, 0) is 19.6 Å². The van der Waals surface area contributed by atoms with Crippen molar-refractivity contribution in [2.45, 2.75) is 34.8 Å². The second-order valence-corrected chi connectivity index (χ2v) is 10.5. The Morgan fingerprint density at radius 2 is 1.93 bits per heavy atom. The quantitative estimate of drug-likeness (QED) is 0.674. The molecule has 0 aliphatic carbocycles. The lowest BCUT2D eigenvalue weighted by atomic mass is 10.2. The Balaban J connectivity index is 1.56. The average molecular weight is 466 g/mol. The van der Waals surface area contributed by atoms with Crippen molar-refractivity contribution in [3.63, 3.8) is 0 Å². The van der Waals surface area contributed by atoms with Crippen LogP contribution in [0, 0.1) is 6.92 Å². The van der Waals surface area contributed by atoms with Gasteiger partial charge < -0.3 is 10.2 Å². The van der Waals surface area contributed by atoms with E-state index < -0.39 is 21.2 Å². The first-order valence-electron chi connectivity index (χ1n) is 9.44. The van der Waals surface area contributed by atoms with Crippen LogP contribution < -0.4 is 10.0 Å². The molecule has 0 bridgehead atoms. The summed E-state index contributed by atoms with van der Waals surface area (Å²) in [5, 5.41) is 2.12. The highest BCUT2D eigenvalue weighted by molar-refractivity contribution is 8.01. The van der Waals surface area contributed by atoms with Gasteiger partial charge in [0.05, 0.1) is 21.3 Å². The second-order valence-electron chi connectivity index (χ2n) is 7.27. The van der Waals surface area contributed by atoms with Crippen LogP contribution in [0.4, 0.5) is 11.4 Å². The predicted molar refractivity (Wildman–Crippen MR) is 118 cm³/mol. The van der Waals surface area contributed by atoms with Crippen molar-refractivity contribution >= 4 is 56.6 Å². The third kappa shape index (κ3) is 4.14. The predicted octanol–water partition coefficient (Wildman–Crippen LogP) is 3.48. The highest BCUT2D eigenvalue weighted by Gasteiger charge is 2.37. The molecule has 2 heterocycles. The number of aryl methyl sites for hydroxylation is 1. The summed E-state index contributed by atoms with van der Waals surface area (Å²) in [4.78, 5) is 27.5. The number of nitrogens with zero attached hydrogens (tertiary/aromatic N) is 1. The van der Waals surface area contributed by atoms with Crippen LogP contribution in [-0.4, -0.2) is 43.5 Å². The van der Waals surface area contributed by atoms with Crippen LogP contribution in [0.15, 0.2) is 46.2 Å². The van der Waals surface area contributed by atoms with Crippen molar-refractivity contribution in [2.75, 3.05) is 23.1 Å².